The molecule has 0 atom stereocenters. The van der Waals surface area contributed by atoms with Crippen LogP contribution in [0.4, 0.5) is 18.9 Å². The third-order valence-corrected chi connectivity index (χ3v) is 7.16. The molecule has 0 amide bonds. The predicted octanol–water partition coefficient (Wildman–Crippen LogP) is 5.98. The SMILES string of the molecule is Cc1nc(-c2ccc(C(F)(F)F)cc2)sc1CCN1CCc2ccc(OC(C)(C)C(=O)O)cc21. The van der Waals surface area contributed by atoms with Gasteiger partial charge in [-0.1, -0.05) is 18.2 Å². The summed E-state index contributed by atoms with van der Waals surface area (Å²) < 4.78 is 44.2. The van der Waals surface area contributed by atoms with Gasteiger partial charge in [0, 0.05) is 41.7 Å². The molecule has 0 aliphatic carbocycles. The number of carbonyl (C=O) groups is 1. The molecular weight excluding hydrogens is 465 g/mol. The Labute approximate surface area is 199 Å². The Kier molecular flexibility index (Phi) is 6.33. The third kappa shape index (κ3) is 5.04. The molecule has 0 spiro atoms. The van der Waals surface area contributed by atoms with Gasteiger partial charge in [0.15, 0.2) is 5.60 Å². The fourth-order valence-corrected chi connectivity index (χ4v) is 4.94. The van der Waals surface area contributed by atoms with Crippen molar-refractivity contribution in [2.24, 2.45) is 0 Å². The van der Waals surface area contributed by atoms with Crippen LogP contribution in [0, 0.1) is 6.92 Å². The number of carboxylic acids is 1. The van der Waals surface area contributed by atoms with Gasteiger partial charge < -0.3 is 14.7 Å². The van der Waals surface area contributed by atoms with Gasteiger partial charge in [0.1, 0.15) is 10.8 Å². The van der Waals surface area contributed by atoms with Crippen LogP contribution in [-0.2, 0) is 23.8 Å². The minimum absolute atomic E-state index is 0.511. The number of fused-ring (bicyclic) bond motifs is 1. The first-order valence-corrected chi connectivity index (χ1v) is 11.7. The van der Waals surface area contributed by atoms with Crippen LogP contribution in [0.5, 0.6) is 5.75 Å². The van der Waals surface area contributed by atoms with Crippen LogP contribution in [0.25, 0.3) is 10.6 Å². The molecule has 4 rings (SSSR count). The van der Waals surface area contributed by atoms with Crippen molar-refractivity contribution in [3.63, 3.8) is 0 Å². The second-order valence-electron chi connectivity index (χ2n) is 8.80. The fraction of sp³-hybridized carbons (Fsp3) is 0.360. The number of aliphatic carboxylic acids is 1. The highest BCUT2D eigenvalue weighted by Crippen LogP contribution is 2.35. The highest BCUT2D eigenvalue weighted by atomic mass is 32.1. The van der Waals surface area contributed by atoms with Gasteiger partial charge in [-0.3, -0.25) is 0 Å². The second kappa shape index (κ2) is 8.94. The lowest BCUT2D eigenvalue weighted by Gasteiger charge is -2.24. The Morgan fingerprint density at radius 3 is 2.53 bits per heavy atom. The molecule has 2 heterocycles. The molecule has 3 aromatic rings. The van der Waals surface area contributed by atoms with Crippen molar-refractivity contribution in [1.82, 2.24) is 4.98 Å². The number of hydrogen-bond acceptors (Lipinski definition) is 5. The van der Waals surface area contributed by atoms with E-state index >= 15 is 0 Å². The van der Waals surface area contributed by atoms with Gasteiger partial charge in [-0.15, -0.1) is 11.3 Å². The van der Waals surface area contributed by atoms with E-state index in [2.05, 4.69) is 9.88 Å². The lowest BCUT2D eigenvalue weighted by Crippen LogP contribution is -2.37. The minimum atomic E-state index is -4.36. The first kappa shape index (κ1) is 24.1. The third-order valence-electron chi connectivity index (χ3n) is 5.90. The quantitative estimate of drug-likeness (QED) is 0.441. The van der Waals surface area contributed by atoms with Crippen molar-refractivity contribution in [2.75, 3.05) is 18.0 Å². The van der Waals surface area contributed by atoms with Gasteiger partial charge >= 0.3 is 12.1 Å². The smallest absolute Gasteiger partial charge is 0.416 e. The van der Waals surface area contributed by atoms with Crippen molar-refractivity contribution >= 4 is 23.0 Å². The number of benzene rings is 2. The number of hydrogen-bond donors (Lipinski definition) is 1. The zero-order chi connectivity index (χ0) is 24.7. The van der Waals surface area contributed by atoms with Crippen LogP contribution >= 0.6 is 11.3 Å². The largest absolute Gasteiger partial charge is 0.478 e. The summed E-state index contributed by atoms with van der Waals surface area (Å²) in [5.41, 5.74) is 1.76. The van der Waals surface area contributed by atoms with Crippen molar-refractivity contribution in [1.29, 1.82) is 0 Å². The predicted molar refractivity (Wildman–Crippen MR) is 126 cm³/mol. The summed E-state index contributed by atoms with van der Waals surface area (Å²) >= 11 is 1.50. The molecule has 0 bridgehead atoms. The maximum absolute atomic E-state index is 12.8. The van der Waals surface area contributed by atoms with Crippen molar-refractivity contribution in [2.45, 2.75) is 45.4 Å². The maximum atomic E-state index is 12.8. The van der Waals surface area contributed by atoms with Gasteiger partial charge in [-0.05, 0) is 51.0 Å². The maximum Gasteiger partial charge on any atom is 0.416 e. The van der Waals surface area contributed by atoms with E-state index in [0.29, 0.717) is 16.3 Å². The van der Waals surface area contributed by atoms with Crippen molar-refractivity contribution in [3.05, 3.63) is 64.2 Å². The summed E-state index contributed by atoms with van der Waals surface area (Å²) in [5, 5.41) is 10.0. The molecule has 0 saturated carbocycles. The summed E-state index contributed by atoms with van der Waals surface area (Å²) in [6.45, 7) is 6.54. The zero-order valence-electron chi connectivity index (χ0n) is 19.1. The fourth-order valence-electron chi connectivity index (χ4n) is 3.88. The molecular formula is C25H25F3N2O3S. The van der Waals surface area contributed by atoms with Gasteiger partial charge in [0.2, 0.25) is 0 Å². The first-order chi connectivity index (χ1) is 15.9. The number of nitrogens with zero attached hydrogens (tertiary/aromatic N) is 2. The standard InChI is InChI=1S/C25H25F3N2O3S/c1-15-21(34-22(29-15)17-4-7-18(8-5-17)25(26,27)28)11-13-30-12-10-16-6-9-19(14-20(16)30)33-24(2,3)23(31)32/h4-9,14H,10-13H2,1-3H3,(H,31,32). The number of alkyl halides is 3. The Hall–Kier alpha value is -3.07. The Balaban J connectivity index is 1.46. The van der Waals surface area contributed by atoms with Crippen LogP contribution in [0.3, 0.4) is 0 Å². The van der Waals surface area contributed by atoms with E-state index in [9.17, 15) is 23.1 Å². The van der Waals surface area contributed by atoms with Crippen LogP contribution in [0.15, 0.2) is 42.5 Å². The summed E-state index contributed by atoms with van der Waals surface area (Å²) in [5.74, 6) is -0.522. The molecule has 1 N–H and O–H groups in total. The topological polar surface area (TPSA) is 62.7 Å². The number of rotatable bonds is 7. The average Bonchev–Trinajstić information content (AvgIpc) is 3.34. The monoisotopic (exact) mass is 490 g/mol. The van der Waals surface area contributed by atoms with E-state index < -0.39 is 23.3 Å². The Morgan fingerprint density at radius 1 is 1.18 bits per heavy atom. The molecule has 180 valence electrons. The molecule has 34 heavy (non-hydrogen) atoms. The first-order valence-electron chi connectivity index (χ1n) is 10.9. The summed E-state index contributed by atoms with van der Waals surface area (Å²) in [4.78, 5) is 19.3. The number of halogens is 3. The molecule has 1 aliphatic heterocycles. The second-order valence-corrected chi connectivity index (χ2v) is 9.88. The number of anilines is 1. The zero-order valence-corrected chi connectivity index (χ0v) is 19.9. The molecule has 9 heteroatoms. The van der Waals surface area contributed by atoms with Gasteiger partial charge in [0.05, 0.1) is 11.3 Å². The van der Waals surface area contributed by atoms with E-state index in [1.54, 1.807) is 6.07 Å². The van der Waals surface area contributed by atoms with Gasteiger partial charge in [-0.2, -0.15) is 13.2 Å². The van der Waals surface area contributed by atoms with E-state index in [0.717, 1.165) is 54.3 Å². The van der Waals surface area contributed by atoms with Gasteiger partial charge in [-0.25, -0.2) is 9.78 Å². The molecule has 0 saturated heterocycles. The molecule has 1 aromatic heterocycles. The van der Waals surface area contributed by atoms with Gasteiger partial charge in [0.25, 0.3) is 0 Å². The van der Waals surface area contributed by atoms with Crippen LogP contribution in [-0.4, -0.2) is 34.8 Å². The molecule has 2 aromatic carbocycles. The molecule has 0 radical (unpaired) electrons. The van der Waals surface area contributed by atoms with Crippen LogP contribution in [0.2, 0.25) is 0 Å². The van der Waals surface area contributed by atoms with Crippen LogP contribution in [0.1, 0.15) is 35.5 Å². The number of aryl methyl sites for hydroxylation is 1. The summed E-state index contributed by atoms with van der Waals surface area (Å²) in [6, 6.07) is 10.8. The van der Waals surface area contributed by atoms with Crippen molar-refractivity contribution in [3.8, 4) is 16.3 Å². The summed E-state index contributed by atoms with van der Waals surface area (Å²) in [6.07, 6.45) is -2.71. The number of thiazole rings is 1. The Morgan fingerprint density at radius 2 is 1.88 bits per heavy atom. The number of carboxylic acid groups (broad SMARTS) is 1. The molecule has 1 aliphatic rings. The number of aromatic nitrogens is 1. The lowest BCUT2D eigenvalue weighted by atomic mass is 10.1. The highest BCUT2D eigenvalue weighted by Gasteiger charge is 2.31. The number of ether oxygens (including phenoxy) is 1. The van der Waals surface area contributed by atoms with E-state index in [4.69, 9.17) is 4.74 Å². The minimum Gasteiger partial charge on any atom is -0.478 e. The molecule has 0 unspecified atom stereocenters. The highest BCUT2D eigenvalue weighted by molar-refractivity contribution is 7.15. The average molecular weight is 491 g/mol. The lowest BCUT2D eigenvalue weighted by molar-refractivity contribution is -0.152. The summed E-state index contributed by atoms with van der Waals surface area (Å²) in [7, 11) is 0. The van der Waals surface area contributed by atoms with Crippen molar-refractivity contribution < 1.29 is 27.8 Å². The van der Waals surface area contributed by atoms with Crippen LogP contribution < -0.4 is 9.64 Å². The normalized spacial score (nSPS) is 13.8. The van der Waals surface area contributed by atoms with E-state index in [-0.39, 0.29) is 0 Å². The Bertz CT molecular complexity index is 1200. The molecule has 5 nitrogen and oxygen atoms in total. The van der Waals surface area contributed by atoms with E-state index in [1.165, 1.54) is 42.9 Å². The van der Waals surface area contributed by atoms with E-state index in [1.807, 2.05) is 19.1 Å². The molecule has 0 fully saturated rings.